The molecule has 5 nitrogen and oxygen atoms in total. The zero-order valence-corrected chi connectivity index (χ0v) is 16.5. The van der Waals surface area contributed by atoms with Crippen LogP contribution in [0.5, 0.6) is 0 Å². The van der Waals surface area contributed by atoms with Gasteiger partial charge in [0.15, 0.2) is 0 Å². The predicted molar refractivity (Wildman–Crippen MR) is 110 cm³/mol. The molecule has 2 aromatic rings. The molecule has 1 atom stereocenters. The van der Waals surface area contributed by atoms with Crippen LogP contribution < -0.4 is 5.32 Å². The Bertz CT molecular complexity index is 700. The Morgan fingerprint density at radius 2 is 1.68 bits per heavy atom. The first-order valence-electron chi connectivity index (χ1n) is 10.0. The molecule has 1 saturated heterocycles. The number of ether oxygens (including phenoxy) is 2. The lowest BCUT2D eigenvalue weighted by molar-refractivity contribution is -0.00931. The van der Waals surface area contributed by atoms with Gasteiger partial charge in [0, 0.05) is 20.2 Å². The van der Waals surface area contributed by atoms with Gasteiger partial charge in [-0.1, -0.05) is 60.7 Å². The van der Waals surface area contributed by atoms with E-state index >= 15 is 0 Å². The van der Waals surface area contributed by atoms with Crippen LogP contribution in [-0.4, -0.2) is 50.4 Å². The molecule has 0 radical (unpaired) electrons. The van der Waals surface area contributed by atoms with Crippen molar-refractivity contribution in [3.05, 3.63) is 71.8 Å². The predicted octanol–water partition coefficient (Wildman–Crippen LogP) is 3.81. The maximum Gasteiger partial charge on any atom is 0.317 e. The molecule has 5 heteroatoms. The number of urea groups is 1. The normalized spacial score (nSPS) is 16.0. The summed E-state index contributed by atoms with van der Waals surface area (Å²) in [4.78, 5) is 14.8. The van der Waals surface area contributed by atoms with E-state index in [1.165, 1.54) is 5.56 Å². The maximum absolute atomic E-state index is 12.9. The lowest BCUT2D eigenvalue weighted by atomic mass is 9.99. The number of likely N-dealkylation sites (tertiary alicyclic amines) is 1. The monoisotopic (exact) mass is 382 g/mol. The molecule has 1 heterocycles. The summed E-state index contributed by atoms with van der Waals surface area (Å²) in [6, 6.07) is 20.4. The van der Waals surface area contributed by atoms with Crippen molar-refractivity contribution >= 4 is 6.03 Å². The summed E-state index contributed by atoms with van der Waals surface area (Å²) in [5.74, 6) is 0. The lowest BCUT2D eigenvalue weighted by Crippen LogP contribution is -2.47. The fourth-order valence-corrected chi connectivity index (χ4v) is 3.55. The van der Waals surface area contributed by atoms with Crippen molar-refractivity contribution in [2.24, 2.45) is 0 Å². The number of methoxy groups -OCH3 is 1. The van der Waals surface area contributed by atoms with Crippen LogP contribution in [0, 0.1) is 0 Å². The Balaban J connectivity index is 1.57. The number of piperidine rings is 1. The molecule has 0 spiro atoms. The smallest absolute Gasteiger partial charge is 0.317 e. The van der Waals surface area contributed by atoms with E-state index in [1.807, 2.05) is 41.3 Å². The number of hydrogen-bond donors (Lipinski definition) is 1. The molecule has 1 fully saturated rings. The second-order valence-corrected chi connectivity index (χ2v) is 7.15. The van der Waals surface area contributed by atoms with Gasteiger partial charge in [-0.3, -0.25) is 0 Å². The Morgan fingerprint density at radius 1 is 1.04 bits per heavy atom. The maximum atomic E-state index is 12.9. The molecule has 150 valence electrons. The van der Waals surface area contributed by atoms with Crippen LogP contribution in [0.3, 0.4) is 0 Å². The van der Waals surface area contributed by atoms with Gasteiger partial charge in [-0.25, -0.2) is 4.79 Å². The Labute approximate surface area is 167 Å². The molecule has 0 saturated carbocycles. The van der Waals surface area contributed by atoms with E-state index in [-0.39, 0.29) is 18.2 Å². The van der Waals surface area contributed by atoms with Crippen LogP contribution >= 0.6 is 0 Å². The molecule has 1 N–H and O–H groups in total. The molecular formula is C23H30N2O3. The highest BCUT2D eigenvalue weighted by molar-refractivity contribution is 5.75. The van der Waals surface area contributed by atoms with Crippen molar-refractivity contribution in [1.82, 2.24) is 10.2 Å². The highest BCUT2D eigenvalue weighted by Gasteiger charge is 2.25. The third kappa shape index (κ3) is 6.08. The number of carbonyl (C=O) groups is 1. The standard InChI is InChI=1S/C23H30N2O3/c1-27-16-17-28-21-12-14-25(15-13-21)23(26)24-22(20-10-6-3-7-11-20)18-19-8-4-2-5-9-19/h2-11,21-22H,12-18H2,1H3,(H,24,26)/t22-/m0/s1. The number of nitrogens with zero attached hydrogens (tertiary/aromatic N) is 1. The Morgan fingerprint density at radius 3 is 2.32 bits per heavy atom. The minimum absolute atomic E-state index is 0.000116. The summed E-state index contributed by atoms with van der Waals surface area (Å²) in [7, 11) is 1.68. The highest BCUT2D eigenvalue weighted by Crippen LogP contribution is 2.20. The molecular weight excluding hydrogens is 352 g/mol. The summed E-state index contributed by atoms with van der Waals surface area (Å²) >= 11 is 0. The first kappa shape index (κ1) is 20.4. The molecule has 0 bridgehead atoms. The average Bonchev–Trinajstić information content (AvgIpc) is 2.75. The number of nitrogens with one attached hydrogen (secondary N) is 1. The Kier molecular flexibility index (Phi) is 7.88. The van der Waals surface area contributed by atoms with Gasteiger partial charge in [0.1, 0.15) is 0 Å². The number of benzene rings is 2. The number of hydrogen-bond acceptors (Lipinski definition) is 3. The van der Waals surface area contributed by atoms with E-state index in [1.54, 1.807) is 7.11 Å². The molecule has 0 unspecified atom stereocenters. The van der Waals surface area contributed by atoms with Crippen molar-refractivity contribution < 1.29 is 14.3 Å². The van der Waals surface area contributed by atoms with Crippen LogP contribution in [0.1, 0.15) is 30.0 Å². The fraction of sp³-hybridized carbons (Fsp3) is 0.435. The number of rotatable bonds is 8. The van der Waals surface area contributed by atoms with Gasteiger partial charge >= 0.3 is 6.03 Å². The third-order valence-corrected chi connectivity index (χ3v) is 5.15. The van der Waals surface area contributed by atoms with Gasteiger partial charge in [-0.15, -0.1) is 0 Å². The van der Waals surface area contributed by atoms with Crippen LogP contribution in [0.2, 0.25) is 0 Å². The molecule has 3 rings (SSSR count). The van der Waals surface area contributed by atoms with E-state index in [4.69, 9.17) is 9.47 Å². The average molecular weight is 383 g/mol. The topological polar surface area (TPSA) is 50.8 Å². The molecule has 1 aliphatic rings. The number of amides is 2. The van der Waals surface area contributed by atoms with Gasteiger partial charge in [-0.2, -0.15) is 0 Å². The van der Waals surface area contributed by atoms with Gasteiger partial charge in [0.2, 0.25) is 0 Å². The van der Waals surface area contributed by atoms with E-state index in [2.05, 4.69) is 29.6 Å². The summed E-state index contributed by atoms with van der Waals surface area (Å²) in [6.07, 6.45) is 2.72. The van der Waals surface area contributed by atoms with Crippen molar-refractivity contribution in [3.8, 4) is 0 Å². The van der Waals surface area contributed by atoms with Crippen molar-refractivity contribution in [3.63, 3.8) is 0 Å². The minimum atomic E-state index is -0.0493. The second-order valence-electron chi connectivity index (χ2n) is 7.15. The van der Waals surface area contributed by atoms with E-state index in [9.17, 15) is 4.79 Å². The third-order valence-electron chi connectivity index (χ3n) is 5.15. The first-order valence-corrected chi connectivity index (χ1v) is 10.0. The molecule has 28 heavy (non-hydrogen) atoms. The lowest BCUT2D eigenvalue weighted by Gasteiger charge is -2.33. The van der Waals surface area contributed by atoms with Crippen LogP contribution in [0.4, 0.5) is 4.79 Å². The SMILES string of the molecule is COCCOC1CCN(C(=O)N[C@@H](Cc2ccccc2)c2ccccc2)CC1. The van der Waals surface area contributed by atoms with Gasteiger partial charge in [-0.05, 0) is 30.4 Å². The quantitative estimate of drug-likeness (QED) is 0.707. The zero-order valence-electron chi connectivity index (χ0n) is 16.5. The molecule has 0 aromatic heterocycles. The van der Waals surface area contributed by atoms with Crippen molar-refractivity contribution in [2.75, 3.05) is 33.4 Å². The first-order chi connectivity index (χ1) is 13.8. The summed E-state index contributed by atoms with van der Waals surface area (Å²) in [6.45, 7) is 2.66. The largest absolute Gasteiger partial charge is 0.382 e. The minimum Gasteiger partial charge on any atom is -0.382 e. The summed E-state index contributed by atoms with van der Waals surface area (Å²) in [5.41, 5.74) is 2.33. The van der Waals surface area contributed by atoms with Crippen LogP contribution in [0.15, 0.2) is 60.7 Å². The van der Waals surface area contributed by atoms with Gasteiger partial charge in [0.25, 0.3) is 0 Å². The van der Waals surface area contributed by atoms with Gasteiger partial charge < -0.3 is 19.7 Å². The number of carbonyl (C=O) groups excluding carboxylic acids is 1. The Hall–Kier alpha value is -2.37. The fourth-order valence-electron chi connectivity index (χ4n) is 3.55. The van der Waals surface area contributed by atoms with E-state index < -0.39 is 0 Å². The van der Waals surface area contributed by atoms with Crippen molar-refractivity contribution in [2.45, 2.75) is 31.4 Å². The van der Waals surface area contributed by atoms with E-state index in [0.29, 0.717) is 13.2 Å². The van der Waals surface area contributed by atoms with E-state index in [0.717, 1.165) is 37.9 Å². The van der Waals surface area contributed by atoms with Gasteiger partial charge in [0.05, 0.1) is 25.4 Å². The molecule has 0 aliphatic carbocycles. The van der Waals surface area contributed by atoms with Crippen molar-refractivity contribution in [1.29, 1.82) is 0 Å². The summed E-state index contributed by atoms with van der Waals surface area (Å²) < 4.78 is 10.8. The second kappa shape index (κ2) is 10.8. The van der Waals surface area contributed by atoms with Crippen LogP contribution in [0.25, 0.3) is 0 Å². The molecule has 2 amide bonds. The van der Waals surface area contributed by atoms with Crippen LogP contribution in [-0.2, 0) is 15.9 Å². The summed E-state index contributed by atoms with van der Waals surface area (Å²) in [5, 5.41) is 3.24. The molecule has 1 aliphatic heterocycles. The molecule has 2 aromatic carbocycles. The zero-order chi connectivity index (χ0) is 19.6. The highest BCUT2D eigenvalue weighted by atomic mass is 16.5.